The molecule has 0 saturated heterocycles. The average molecular weight is 146 g/mol. The monoisotopic (exact) mass is 146 g/mol. The predicted octanol–water partition coefficient (Wildman–Crippen LogP) is -1.30. The predicted molar refractivity (Wildman–Crippen MR) is 38.6 cm³/mol. The van der Waals surface area contributed by atoms with E-state index in [1.54, 1.807) is 7.05 Å². The van der Waals surface area contributed by atoms with Gasteiger partial charge in [-0.25, -0.2) is 0 Å². The molecule has 0 aliphatic heterocycles. The molecular weight excluding hydrogens is 132 g/mol. The van der Waals surface area contributed by atoms with Gasteiger partial charge in [0.1, 0.15) is 0 Å². The Hall–Kier alpha value is -0.610. The van der Waals surface area contributed by atoms with Crippen LogP contribution in [-0.4, -0.2) is 37.3 Å². The number of likely N-dealkylation sites (N-methyl/N-ethyl adjacent to an activating group) is 1. The SMILES string of the molecule is CNCC(O)CNC(C)=O. The lowest BCUT2D eigenvalue weighted by molar-refractivity contribution is -0.119. The van der Waals surface area contributed by atoms with E-state index in [9.17, 15) is 4.79 Å². The van der Waals surface area contributed by atoms with Crippen molar-refractivity contribution in [2.24, 2.45) is 0 Å². The van der Waals surface area contributed by atoms with Crippen LogP contribution in [0, 0.1) is 0 Å². The zero-order valence-electron chi connectivity index (χ0n) is 6.35. The van der Waals surface area contributed by atoms with Gasteiger partial charge in [-0.15, -0.1) is 0 Å². The quantitative estimate of drug-likeness (QED) is 0.462. The molecule has 0 heterocycles. The first kappa shape index (κ1) is 9.39. The number of nitrogens with one attached hydrogen (secondary N) is 2. The van der Waals surface area contributed by atoms with E-state index < -0.39 is 6.10 Å². The number of aliphatic hydroxyl groups excluding tert-OH is 1. The summed E-state index contributed by atoms with van der Waals surface area (Å²) in [6.07, 6.45) is -0.492. The largest absolute Gasteiger partial charge is 0.390 e. The molecule has 0 radical (unpaired) electrons. The van der Waals surface area contributed by atoms with E-state index in [1.807, 2.05) is 0 Å². The summed E-state index contributed by atoms with van der Waals surface area (Å²) in [4.78, 5) is 10.3. The van der Waals surface area contributed by atoms with Gasteiger partial charge in [0.25, 0.3) is 0 Å². The summed E-state index contributed by atoms with van der Waals surface area (Å²) in [5.74, 6) is -0.116. The van der Waals surface area contributed by atoms with Gasteiger partial charge < -0.3 is 15.7 Å². The van der Waals surface area contributed by atoms with Gasteiger partial charge in [0.2, 0.25) is 5.91 Å². The fraction of sp³-hybridized carbons (Fsp3) is 0.833. The third kappa shape index (κ3) is 5.53. The molecule has 0 saturated carbocycles. The molecule has 0 aromatic carbocycles. The summed E-state index contributed by atoms with van der Waals surface area (Å²) >= 11 is 0. The van der Waals surface area contributed by atoms with Crippen LogP contribution >= 0.6 is 0 Å². The van der Waals surface area contributed by atoms with Gasteiger partial charge in [-0.05, 0) is 7.05 Å². The van der Waals surface area contributed by atoms with Crippen molar-refractivity contribution in [3.8, 4) is 0 Å². The molecular formula is C6H14N2O2. The third-order valence-electron chi connectivity index (χ3n) is 1.03. The van der Waals surface area contributed by atoms with Crippen molar-refractivity contribution in [3.05, 3.63) is 0 Å². The van der Waals surface area contributed by atoms with Crippen LogP contribution in [0.3, 0.4) is 0 Å². The van der Waals surface area contributed by atoms with Crippen molar-refractivity contribution in [2.75, 3.05) is 20.1 Å². The number of hydrogen-bond acceptors (Lipinski definition) is 3. The highest BCUT2D eigenvalue weighted by Gasteiger charge is 2.01. The van der Waals surface area contributed by atoms with Crippen LogP contribution in [0.5, 0.6) is 0 Å². The number of aliphatic hydroxyl groups is 1. The van der Waals surface area contributed by atoms with Crippen LogP contribution in [0.4, 0.5) is 0 Å². The first-order valence-electron chi connectivity index (χ1n) is 3.24. The zero-order chi connectivity index (χ0) is 7.98. The first-order chi connectivity index (χ1) is 4.66. The maximum absolute atomic E-state index is 10.3. The lowest BCUT2D eigenvalue weighted by Gasteiger charge is -2.08. The molecule has 1 unspecified atom stereocenters. The Labute approximate surface area is 60.6 Å². The van der Waals surface area contributed by atoms with Gasteiger partial charge in [-0.3, -0.25) is 4.79 Å². The summed E-state index contributed by atoms with van der Waals surface area (Å²) in [7, 11) is 1.75. The second-order valence-electron chi connectivity index (χ2n) is 2.15. The smallest absolute Gasteiger partial charge is 0.216 e. The van der Waals surface area contributed by atoms with Crippen LogP contribution in [0.1, 0.15) is 6.92 Å². The minimum Gasteiger partial charge on any atom is -0.390 e. The number of carbonyl (C=O) groups is 1. The van der Waals surface area contributed by atoms with Crippen molar-refractivity contribution in [1.82, 2.24) is 10.6 Å². The number of carbonyl (C=O) groups excluding carboxylic acids is 1. The molecule has 4 heteroatoms. The van der Waals surface area contributed by atoms with Gasteiger partial charge in [0.15, 0.2) is 0 Å². The maximum Gasteiger partial charge on any atom is 0.216 e. The summed E-state index contributed by atoms with van der Waals surface area (Å²) in [5.41, 5.74) is 0. The highest BCUT2D eigenvalue weighted by molar-refractivity contribution is 5.72. The van der Waals surface area contributed by atoms with Gasteiger partial charge in [0, 0.05) is 20.0 Å². The Kier molecular flexibility index (Phi) is 4.88. The van der Waals surface area contributed by atoms with E-state index in [0.717, 1.165) is 0 Å². The molecule has 10 heavy (non-hydrogen) atoms. The highest BCUT2D eigenvalue weighted by atomic mass is 16.3. The average Bonchev–Trinajstić information content (AvgIpc) is 1.85. The Morgan fingerprint density at radius 1 is 1.60 bits per heavy atom. The van der Waals surface area contributed by atoms with E-state index >= 15 is 0 Å². The fourth-order valence-corrected chi connectivity index (χ4v) is 0.569. The molecule has 3 N–H and O–H groups in total. The Morgan fingerprint density at radius 2 is 2.20 bits per heavy atom. The number of hydrogen-bond donors (Lipinski definition) is 3. The van der Waals surface area contributed by atoms with E-state index in [-0.39, 0.29) is 5.91 Å². The standard InChI is InChI=1S/C6H14N2O2/c1-5(9)8-4-6(10)3-7-2/h6-7,10H,3-4H2,1-2H3,(H,8,9). The summed E-state index contributed by atoms with van der Waals surface area (Å²) in [5, 5.41) is 14.3. The molecule has 4 nitrogen and oxygen atoms in total. The highest BCUT2D eigenvalue weighted by Crippen LogP contribution is 1.75. The molecule has 0 rings (SSSR count). The van der Waals surface area contributed by atoms with E-state index in [0.29, 0.717) is 13.1 Å². The van der Waals surface area contributed by atoms with Gasteiger partial charge in [-0.1, -0.05) is 0 Å². The lowest BCUT2D eigenvalue weighted by atomic mass is 10.3. The van der Waals surface area contributed by atoms with Crippen molar-refractivity contribution in [1.29, 1.82) is 0 Å². The fourth-order valence-electron chi connectivity index (χ4n) is 0.569. The van der Waals surface area contributed by atoms with E-state index in [1.165, 1.54) is 6.92 Å². The molecule has 0 aliphatic carbocycles. The number of rotatable bonds is 4. The van der Waals surface area contributed by atoms with E-state index in [2.05, 4.69) is 10.6 Å². The lowest BCUT2D eigenvalue weighted by Crippen LogP contribution is -2.36. The molecule has 0 aromatic heterocycles. The van der Waals surface area contributed by atoms with Crippen LogP contribution in [-0.2, 0) is 4.79 Å². The molecule has 0 aliphatic rings. The summed E-state index contributed by atoms with van der Waals surface area (Å²) in [6, 6.07) is 0. The maximum atomic E-state index is 10.3. The zero-order valence-corrected chi connectivity index (χ0v) is 6.35. The van der Waals surface area contributed by atoms with Crippen molar-refractivity contribution in [3.63, 3.8) is 0 Å². The van der Waals surface area contributed by atoms with Crippen molar-refractivity contribution in [2.45, 2.75) is 13.0 Å². The molecule has 1 amide bonds. The van der Waals surface area contributed by atoms with Gasteiger partial charge in [-0.2, -0.15) is 0 Å². The second kappa shape index (κ2) is 5.20. The van der Waals surface area contributed by atoms with Crippen LogP contribution in [0.15, 0.2) is 0 Å². The minimum absolute atomic E-state index is 0.116. The van der Waals surface area contributed by atoms with Gasteiger partial charge >= 0.3 is 0 Å². The summed E-state index contributed by atoms with van der Waals surface area (Å²) < 4.78 is 0. The molecule has 0 fully saturated rings. The molecule has 1 atom stereocenters. The van der Waals surface area contributed by atoms with Crippen molar-refractivity contribution >= 4 is 5.91 Å². The van der Waals surface area contributed by atoms with Crippen LogP contribution < -0.4 is 10.6 Å². The molecule has 0 aromatic rings. The third-order valence-corrected chi connectivity index (χ3v) is 1.03. The Balaban J connectivity index is 3.21. The normalized spacial score (nSPS) is 12.7. The van der Waals surface area contributed by atoms with Gasteiger partial charge in [0.05, 0.1) is 6.10 Å². The Morgan fingerprint density at radius 3 is 2.60 bits per heavy atom. The molecule has 0 spiro atoms. The van der Waals surface area contributed by atoms with Crippen LogP contribution in [0.2, 0.25) is 0 Å². The van der Waals surface area contributed by atoms with Crippen molar-refractivity contribution < 1.29 is 9.90 Å². The second-order valence-corrected chi connectivity index (χ2v) is 2.15. The minimum atomic E-state index is -0.492. The first-order valence-corrected chi connectivity index (χ1v) is 3.24. The Bertz CT molecular complexity index is 106. The summed E-state index contributed by atoms with van der Waals surface area (Å²) in [6.45, 7) is 2.24. The molecule has 0 bridgehead atoms. The van der Waals surface area contributed by atoms with Crippen LogP contribution in [0.25, 0.3) is 0 Å². The number of amides is 1. The topological polar surface area (TPSA) is 61.4 Å². The van der Waals surface area contributed by atoms with E-state index in [4.69, 9.17) is 5.11 Å². The molecule has 60 valence electrons.